The van der Waals surface area contributed by atoms with E-state index < -0.39 is 0 Å². The number of hydrogen-bond donors (Lipinski definition) is 1. The molecule has 3 heteroatoms. The minimum absolute atomic E-state index is 0.720. The molecule has 0 aromatic carbocycles. The number of hydrogen-bond acceptors (Lipinski definition) is 3. The lowest BCUT2D eigenvalue weighted by Crippen LogP contribution is -2.35. The standard InChI is InChI=1S/C16H26N2S/c1-4-8-17-14-6-5-7-15(11-14)19-16-10-12(2)9-13(3)18-16/h9-10,14-15,17H,4-8,11H2,1-3H3. The highest BCUT2D eigenvalue weighted by molar-refractivity contribution is 7.99. The average molecular weight is 278 g/mol. The Hall–Kier alpha value is -0.540. The van der Waals surface area contributed by atoms with Gasteiger partial charge in [-0.15, -0.1) is 11.8 Å². The van der Waals surface area contributed by atoms with Crippen LogP contribution in [-0.4, -0.2) is 22.8 Å². The molecule has 0 amide bonds. The van der Waals surface area contributed by atoms with E-state index in [1.54, 1.807) is 0 Å². The number of aryl methyl sites for hydroxylation is 2. The summed E-state index contributed by atoms with van der Waals surface area (Å²) in [5.74, 6) is 0. The SMILES string of the molecule is CCCNC1CCCC(Sc2cc(C)cc(C)n2)C1. The molecule has 1 N–H and O–H groups in total. The third kappa shape index (κ3) is 4.81. The van der Waals surface area contributed by atoms with Crippen LogP contribution in [0.1, 0.15) is 50.3 Å². The molecule has 1 aromatic heterocycles. The highest BCUT2D eigenvalue weighted by atomic mass is 32.2. The van der Waals surface area contributed by atoms with Crippen molar-refractivity contribution in [2.45, 2.75) is 69.2 Å². The maximum Gasteiger partial charge on any atom is 0.0968 e. The first-order valence-electron chi connectivity index (χ1n) is 7.52. The molecule has 1 fully saturated rings. The van der Waals surface area contributed by atoms with Gasteiger partial charge in [-0.3, -0.25) is 0 Å². The number of rotatable bonds is 5. The fraction of sp³-hybridized carbons (Fsp3) is 0.688. The molecule has 0 spiro atoms. The lowest BCUT2D eigenvalue weighted by Gasteiger charge is -2.29. The van der Waals surface area contributed by atoms with E-state index in [4.69, 9.17) is 0 Å². The van der Waals surface area contributed by atoms with Gasteiger partial charge in [-0.05, 0) is 63.8 Å². The van der Waals surface area contributed by atoms with Crippen LogP contribution in [0.25, 0.3) is 0 Å². The maximum atomic E-state index is 4.66. The topological polar surface area (TPSA) is 24.9 Å². The molecule has 1 aromatic rings. The van der Waals surface area contributed by atoms with E-state index in [-0.39, 0.29) is 0 Å². The normalized spacial score (nSPS) is 23.5. The van der Waals surface area contributed by atoms with Crippen molar-refractivity contribution in [3.63, 3.8) is 0 Å². The lowest BCUT2D eigenvalue weighted by atomic mass is 9.95. The van der Waals surface area contributed by atoms with E-state index >= 15 is 0 Å². The maximum absolute atomic E-state index is 4.66. The van der Waals surface area contributed by atoms with Crippen LogP contribution in [0.4, 0.5) is 0 Å². The van der Waals surface area contributed by atoms with Crippen molar-refractivity contribution >= 4 is 11.8 Å². The first-order chi connectivity index (χ1) is 9.17. The van der Waals surface area contributed by atoms with E-state index in [1.165, 1.54) is 42.7 Å². The van der Waals surface area contributed by atoms with Gasteiger partial charge in [0, 0.05) is 17.0 Å². The van der Waals surface area contributed by atoms with Crippen molar-refractivity contribution in [2.75, 3.05) is 6.54 Å². The second kappa shape index (κ2) is 7.30. The Balaban J connectivity index is 1.91. The molecular formula is C16H26N2S. The van der Waals surface area contributed by atoms with E-state index in [0.29, 0.717) is 0 Å². The van der Waals surface area contributed by atoms with Gasteiger partial charge in [0.1, 0.15) is 0 Å². The van der Waals surface area contributed by atoms with Crippen molar-refractivity contribution < 1.29 is 0 Å². The van der Waals surface area contributed by atoms with Crippen molar-refractivity contribution in [1.29, 1.82) is 0 Å². The van der Waals surface area contributed by atoms with Gasteiger partial charge in [0.05, 0.1) is 5.03 Å². The van der Waals surface area contributed by atoms with Gasteiger partial charge in [-0.25, -0.2) is 4.98 Å². The van der Waals surface area contributed by atoms with Gasteiger partial charge in [0.25, 0.3) is 0 Å². The summed E-state index contributed by atoms with van der Waals surface area (Å²) in [6.07, 6.45) is 6.55. The zero-order valence-corrected chi connectivity index (χ0v) is 13.2. The van der Waals surface area contributed by atoms with Crippen LogP contribution in [0.3, 0.4) is 0 Å². The number of pyridine rings is 1. The predicted octanol–water partition coefficient (Wildman–Crippen LogP) is 4.10. The molecule has 0 aliphatic heterocycles. The molecule has 2 atom stereocenters. The summed E-state index contributed by atoms with van der Waals surface area (Å²) in [6.45, 7) is 7.64. The number of nitrogens with zero attached hydrogens (tertiary/aromatic N) is 1. The monoisotopic (exact) mass is 278 g/mol. The molecule has 1 saturated carbocycles. The predicted molar refractivity (Wildman–Crippen MR) is 83.9 cm³/mol. The smallest absolute Gasteiger partial charge is 0.0968 e. The first kappa shape index (κ1) is 14.9. The highest BCUT2D eigenvalue weighted by Gasteiger charge is 2.22. The van der Waals surface area contributed by atoms with Crippen LogP contribution in [0, 0.1) is 13.8 Å². The summed E-state index contributed by atoms with van der Waals surface area (Å²) in [4.78, 5) is 4.66. The summed E-state index contributed by atoms with van der Waals surface area (Å²) in [5, 5.41) is 5.62. The Kier molecular flexibility index (Phi) is 5.71. The van der Waals surface area contributed by atoms with Crippen molar-refractivity contribution in [1.82, 2.24) is 10.3 Å². The van der Waals surface area contributed by atoms with Crippen molar-refractivity contribution in [3.8, 4) is 0 Å². The fourth-order valence-electron chi connectivity index (χ4n) is 2.82. The molecule has 1 aliphatic carbocycles. The third-order valence-corrected chi connectivity index (χ3v) is 4.88. The van der Waals surface area contributed by atoms with Gasteiger partial charge in [-0.1, -0.05) is 13.3 Å². The molecule has 1 heterocycles. The largest absolute Gasteiger partial charge is 0.314 e. The van der Waals surface area contributed by atoms with Crippen LogP contribution in [0.15, 0.2) is 17.2 Å². The quantitative estimate of drug-likeness (QED) is 0.877. The summed E-state index contributed by atoms with van der Waals surface area (Å²) >= 11 is 1.98. The number of nitrogens with one attached hydrogen (secondary N) is 1. The molecule has 2 rings (SSSR count). The zero-order chi connectivity index (χ0) is 13.7. The Morgan fingerprint density at radius 1 is 1.32 bits per heavy atom. The molecule has 0 bridgehead atoms. The zero-order valence-electron chi connectivity index (χ0n) is 12.4. The molecule has 0 radical (unpaired) electrons. The lowest BCUT2D eigenvalue weighted by molar-refractivity contribution is 0.381. The second-order valence-electron chi connectivity index (χ2n) is 5.68. The van der Waals surface area contributed by atoms with E-state index in [9.17, 15) is 0 Å². The van der Waals surface area contributed by atoms with Crippen LogP contribution in [0.5, 0.6) is 0 Å². The highest BCUT2D eigenvalue weighted by Crippen LogP contribution is 2.33. The molecule has 106 valence electrons. The molecule has 1 aliphatic rings. The first-order valence-corrected chi connectivity index (χ1v) is 8.40. The number of aromatic nitrogens is 1. The molecule has 19 heavy (non-hydrogen) atoms. The Bertz CT molecular complexity index is 385. The molecule has 2 unspecified atom stereocenters. The van der Waals surface area contributed by atoms with E-state index in [1.807, 2.05) is 11.8 Å². The summed E-state index contributed by atoms with van der Waals surface area (Å²) < 4.78 is 0. The van der Waals surface area contributed by atoms with Crippen LogP contribution in [0.2, 0.25) is 0 Å². The molecule has 0 saturated heterocycles. The Morgan fingerprint density at radius 2 is 2.16 bits per heavy atom. The van der Waals surface area contributed by atoms with Gasteiger partial charge < -0.3 is 5.32 Å². The summed E-state index contributed by atoms with van der Waals surface area (Å²) in [6, 6.07) is 5.09. The van der Waals surface area contributed by atoms with E-state index in [2.05, 4.69) is 43.2 Å². The third-order valence-electron chi connectivity index (χ3n) is 3.67. The summed E-state index contributed by atoms with van der Waals surface area (Å²) in [5.41, 5.74) is 2.46. The van der Waals surface area contributed by atoms with Crippen LogP contribution >= 0.6 is 11.8 Å². The molecule has 2 nitrogen and oxygen atoms in total. The van der Waals surface area contributed by atoms with Crippen molar-refractivity contribution in [2.24, 2.45) is 0 Å². The number of thioether (sulfide) groups is 1. The Morgan fingerprint density at radius 3 is 2.89 bits per heavy atom. The fourth-order valence-corrected chi connectivity index (χ4v) is 4.23. The second-order valence-corrected chi connectivity index (χ2v) is 7.00. The van der Waals surface area contributed by atoms with Gasteiger partial charge in [0.15, 0.2) is 0 Å². The van der Waals surface area contributed by atoms with E-state index in [0.717, 1.165) is 23.5 Å². The van der Waals surface area contributed by atoms with Gasteiger partial charge in [-0.2, -0.15) is 0 Å². The van der Waals surface area contributed by atoms with Gasteiger partial charge >= 0.3 is 0 Å². The minimum atomic E-state index is 0.720. The van der Waals surface area contributed by atoms with Crippen molar-refractivity contribution in [3.05, 3.63) is 23.4 Å². The molecular weight excluding hydrogens is 252 g/mol. The Labute approximate surface area is 121 Å². The van der Waals surface area contributed by atoms with Gasteiger partial charge in [0.2, 0.25) is 0 Å². The van der Waals surface area contributed by atoms with Crippen LogP contribution < -0.4 is 5.32 Å². The minimum Gasteiger partial charge on any atom is -0.314 e. The average Bonchev–Trinajstić information content (AvgIpc) is 2.35. The van der Waals surface area contributed by atoms with Crippen LogP contribution in [-0.2, 0) is 0 Å². The summed E-state index contributed by atoms with van der Waals surface area (Å²) in [7, 11) is 0.